The summed E-state index contributed by atoms with van der Waals surface area (Å²) in [6.45, 7) is 4.57. The molecule has 2 heteroatoms. The molecule has 0 bridgehead atoms. The topological polar surface area (TPSA) is 3.88 Å². The smallest absolute Gasteiger partial charge is 0.150 e. The summed E-state index contributed by atoms with van der Waals surface area (Å²) in [4.78, 5) is 0. The van der Waals surface area contributed by atoms with E-state index in [1.165, 1.54) is 22.0 Å². The van der Waals surface area contributed by atoms with Crippen LogP contribution in [0.2, 0.25) is 0 Å². The Morgan fingerprint density at radius 1 is 0.950 bits per heavy atom. The molecule has 0 fully saturated rings. The fourth-order valence-corrected chi connectivity index (χ4v) is 3.15. The van der Waals surface area contributed by atoms with Crippen molar-refractivity contribution >= 4 is 10.9 Å². The molecule has 3 aromatic rings. The molecular weight excluding hydrogens is 422 g/mol. The quantitative estimate of drug-likeness (QED) is 0.376. The number of hydrogen-bond acceptors (Lipinski definition) is 0. The van der Waals surface area contributed by atoms with Crippen LogP contribution in [0, 0.1) is 12.3 Å². The molecule has 0 unspecified atom stereocenters. The van der Waals surface area contributed by atoms with Gasteiger partial charge in [0.2, 0.25) is 0 Å². The average molecular weight is 437 g/mol. The molecule has 2 aromatic carbocycles. The van der Waals surface area contributed by atoms with Crippen LogP contribution in [0.15, 0.2) is 48.5 Å². The molecule has 1 radical (unpaired) electrons. The van der Waals surface area contributed by atoms with Crippen LogP contribution in [0.1, 0.15) is 25.0 Å². The summed E-state index contributed by atoms with van der Waals surface area (Å²) in [5.74, 6) is 0. The SMILES string of the molecule is CC1(C)c2ccc[c-]c2-[n+]2[c-]ccc3cccc1c32.[Ir]. The van der Waals surface area contributed by atoms with Gasteiger partial charge in [0.15, 0.2) is 6.20 Å². The maximum atomic E-state index is 3.38. The second-order valence-corrected chi connectivity index (χ2v) is 5.60. The van der Waals surface area contributed by atoms with E-state index in [1.807, 2.05) is 12.1 Å². The van der Waals surface area contributed by atoms with Gasteiger partial charge >= 0.3 is 0 Å². The van der Waals surface area contributed by atoms with E-state index in [9.17, 15) is 0 Å². The number of para-hydroxylation sites is 2. The first-order valence-corrected chi connectivity index (χ1v) is 6.57. The Kier molecular flexibility index (Phi) is 3.04. The zero-order chi connectivity index (χ0) is 13.0. The van der Waals surface area contributed by atoms with Crippen LogP contribution in [-0.4, -0.2) is 0 Å². The molecule has 2 heterocycles. The van der Waals surface area contributed by atoms with E-state index in [2.05, 4.69) is 67.1 Å². The summed E-state index contributed by atoms with van der Waals surface area (Å²) in [7, 11) is 0. The van der Waals surface area contributed by atoms with Crippen LogP contribution >= 0.6 is 0 Å². The largest absolute Gasteiger partial charge is 0.300 e. The fraction of sp³-hybridized carbons (Fsp3) is 0.167. The van der Waals surface area contributed by atoms with Gasteiger partial charge in [-0.2, -0.15) is 24.3 Å². The molecule has 1 aromatic heterocycles. The molecule has 0 spiro atoms. The molecule has 1 nitrogen and oxygen atoms in total. The molecule has 0 saturated carbocycles. The first-order chi connectivity index (χ1) is 9.19. The number of aromatic nitrogens is 1. The Morgan fingerprint density at radius 2 is 1.75 bits per heavy atom. The number of rotatable bonds is 0. The molecule has 0 amide bonds. The summed E-state index contributed by atoms with van der Waals surface area (Å²) in [6.07, 6.45) is 3.33. The Labute approximate surface area is 132 Å². The predicted octanol–water partition coefficient (Wildman–Crippen LogP) is 3.35. The van der Waals surface area contributed by atoms with Crippen LogP contribution in [0.4, 0.5) is 0 Å². The Bertz CT molecular complexity index is 800. The van der Waals surface area contributed by atoms with Gasteiger partial charge in [-0.05, 0) is 16.4 Å². The van der Waals surface area contributed by atoms with Crippen LogP contribution in [0.5, 0.6) is 0 Å². The monoisotopic (exact) mass is 437 g/mol. The van der Waals surface area contributed by atoms with Crippen molar-refractivity contribution < 1.29 is 24.7 Å². The third kappa shape index (κ3) is 1.62. The van der Waals surface area contributed by atoms with E-state index in [0.717, 1.165) is 5.69 Å². The summed E-state index contributed by atoms with van der Waals surface area (Å²) < 4.78 is 2.14. The zero-order valence-electron chi connectivity index (χ0n) is 11.4. The molecule has 0 N–H and O–H groups in total. The van der Waals surface area contributed by atoms with Crippen molar-refractivity contribution in [2.24, 2.45) is 0 Å². The summed E-state index contributed by atoms with van der Waals surface area (Å²) in [6, 6.07) is 20.2. The fourth-order valence-electron chi connectivity index (χ4n) is 3.15. The summed E-state index contributed by atoms with van der Waals surface area (Å²) in [5, 5.41) is 1.26. The van der Waals surface area contributed by atoms with Crippen molar-refractivity contribution in [3.05, 3.63) is 71.9 Å². The molecule has 101 valence electrons. The van der Waals surface area contributed by atoms with E-state index in [4.69, 9.17) is 0 Å². The van der Waals surface area contributed by atoms with Gasteiger partial charge in [0.05, 0.1) is 0 Å². The Morgan fingerprint density at radius 3 is 2.60 bits per heavy atom. The standard InChI is InChI=1S/C18H14N.Ir/c1-18(2)14-9-3-4-11-16(14)19-12-6-8-13-7-5-10-15(18)17(13)19;/h3-10H,1-2H3;/q-1;. The maximum Gasteiger partial charge on any atom is 0.150 e. The summed E-state index contributed by atoms with van der Waals surface area (Å²) in [5.41, 5.74) is 5.04. The molecule has 4 rings (SSSR count). The molecule has 20 heavy (non-hydrogen) atoms. The number of benzene rings is 2. The minimum absolute atomic E-state index is 0. The van der Waals surface area contributed by atoms with Gasteiger partial charge < -0.3 is 0 Å². The maximum absolute atomic E-state index is 3.38. The van der Waals surface area contributed by atoms with Crippen molar-refractivity contribution in [3.8, 4) is 5.69 Å². The molecular formula is C18H14IrN-. The van der Waals surface area contributed by atoms with Gasteiger partial charge in [0, 0.05) is 25.8 Å². The van der Waals surface area contributed by atoms with E-state index >= 15 is 0 Å². The average Bonchev–Trinajstić information content (AvgIpc) is 2.45. The number of fused-ring (bicyclic) bond motifs is 2. The minimum Gasteiger partial charge on any atom is -0.300 e. The van der Waals surface area contributed by atoms with Crippen LogP contribution in [0.25, 0.3) is 16.6 Å². The van der Waals surface area contributed by atoms with Crippen molar-refractivity contribution in [2.45, 2.75) is 19.3 Å². The number of pyridine rings is 1. The van der Waals surface area contributed by atoms with Gasteiger partial charge in [0.1, 0.15) is 5.52 Å². The van der Waals surface area contributed by atoms with Gasteiger partial charge in [-0.25, -0.2) is 0 Å². The van der Waals surface area contributed by atoms with Gasteiger partial charge in [-0.15, -0.1) is 11.6 Å². The number of nitrogens with zero attached hydrogens (tertiary/aromatic N) is 1. The molecule has 1 aliphatic rings. The second kappa shape index (κ2) is 4.51. The van der Waals surface area contributed by atoms with Gasteiger partial charge in [-0.3, -0.25) is 4.57 Å². The Hall–Kier alpha value is -1.50. The van der Waals surface area contributed by atoms with Crippen molar-refractivity contribution in [1.29, 1.82) is 0 Å². The molecule has 1 aliphatic heterocycles. The van der Waals surface area contributed by atoms with Crippen LogP contribution < -0.4 is 4.57 Å². The third-order valence-electron chi connectivity index (χ3n) is 4.16. The minimum atomic E-state index is 0. The second-order valence-electron chi connectivity index (χ2n) is 5.60. The molecule has 0 atom stereocenters. The number of hydrogen-bond donors (Lipinski definition) is 0. The summed E-state index contributed by atoms with van der Waals surface area (Å²) >= 11 is 0. The van der Waals surface area contributed by atoms with E-state index in [1.54, 1.807) is 0 Å². The predicted molar refractivity (Wildman–Crippen MR) is 75.3 cm³/mol. The molecule has 0 aliphatic carbocycles. The van der Waals surface area contributed by atoms with Crippen molar-refractivity contribution in [1.82, 2.24) is 0 Å². The van der Waals surface area contributed by atoms with E-state index in [0.29, 0.717) is 0 Å². The van der Waals surface area contributed by atoms with Gasteiger partial charge in [-0.1, -0.05) is 38.1 Å². The van der Waals surface area contributed by atoms with E-state index < -0.39 is 0 Å². The molecule has 0 saturated heterocycles. The first kappa shape index (κ1) is 13.5. The Balaban J connectivity index is 0.00000121. The van der Waals surface area contributed by atoms with E-state index in [-0.39, 0.29) is 25.5 Å². The van der Waals surface area contributed by atoms with Crippen LogP contribution in [0.3, 0.4) is 0 Å². The zero-order valence-corrected chi connectivity index (χ0v) is 13.8. The van der Waals surface area contributed by atoms with Crippen molar-refractivity contribution in [2.75, 3.05) is 0 Å². The first-order valence-electron chi connectivity index (χ1n) is 6.57. The van der Waals surface area contributed by atoms with Gasteiger partial charge in [0.25, 0.3) is 0 Å². The van der Waals surface area contributed by atoms with Crippen LogP contribution in [-0.2, 0) is 25.5 Å². The third-order valence-corrected chi connectivity index (χ3v) is 4.16. The van der Waals surface area contributed by atoms with Crippen molar-refractivity contribution in [3.63, 3.8) is 0 Å². The normalized spacial score (nSPS) is 14.5.